The lowest BCUT2D eigenvalue weighted by Crippen LogP contribution is -2.36. The van der Waals surface area contributed by atoms with Gasteiger partial charge >= 0.3 is 17.9 Å². The molecule has 0 spiro atoms. The molecule has 6 aliphatic rings. The number of carbonyl (C=O) groups is 3. The fourth-order valence-corrected chi connectivity index (χ4v) is 14.4. The van der Waals surface area contributed by atoms with Gasteiger partial charge in [0.15, 0.2) is 62.7 Å². The summed E-state index contributed by atoms with van der Waals surface area (Å²) in [6.45, 7) is 21.3. The first-order valence-corrected chi connectivity index (χ1v) is 22.8. The van der Waals surface area contributed by atoms with E-state index in [0.29, 0.717) is 25.1 Å². The summed E-state index contributed by atoms with van der Waals surface area (Å²) in [6.07, 6.45) is 0. The zero-order valence-corrected chi connectivity index (χ0v) is 40.1. The maximum absolute atomic E-state index is 15.2. The van der Waals surface area contributed by atoms with Crippen LogP contribution in [-0.4, -0.2) is 75.7 Å². The van der Waals surface area contributed by atoms with Crippen molar-refractivity contribution in [1.82, 2.24) is 0 Å². The molecule has 0 aromatic heterocycles. The van der Waals surface area contributed by atoms with Crippen LogP contribution in [0.3, 0.4) is 0 Å². The van der Waals surface area contributed by atoms with Crippen molar-refractivity contribution in [2.75, 3.05) is 21.3 Å². The average molecular weight is 931 g/mol. The Hall–Kier alpha value is -4.17. The van der Waals surface area contributed by atoms with Gasteiger partial charge in [-0.1, -0.05) is 0 Å². The first-order chi connectivity index (χ1) is 28.6. The third-order valence-corrected chi connectivity index (χ3v) is 16.1. The molecule has 0 unspecified atom stereocenters. The lowest BCUT2D eigenvalue weighted by atomic mass is 9.76. The molecule has 62 heavy (non-hydrogen) atoms. The molecule has 6 heterocycles. The summed E-state index contributed by atoms with van der Waals surface area (Å²) < 4.78 is 67.5. The lowest BCUT2D eigenvalue weighted by Gasteiger charge is -2.36. The van der Waals surface area contributed by atoms with Gasteiger partial charge in [-0.3, -0.25) is 0 Å². The van der Waals surface area contributed by atoms with Crippen molar-refractivity contribution in [3.8, 4) is 46.0 Å². The zero-order chi connectivity index (χ0) is 45.2. The predicted octanol–water partition coefficient (Wildman–Crippen LogP) is 9.23. The highest BCUT2D eigenvalue weighted by Gasteiger charge is 2.61. The van der Waals surface area contributed by atoms with Gasteiger partial charge in [0.25, 0.3) is 0 Å². The minimum Gasteiger partial charge on any atom is -0.465 e. The molecule has 0 atom stereocenters. The van der Waals surface area contributed by atoms with Gasteiger partial charge in [0.2, 0.25) is 23.1 Å². The topological polar surface area (TPSA) is 173 Å². The van der Waals surface area contributed by atoms with E-state index in [2.05, 4.69) is 0 Å². The van der Waals surface area contributed by atoms with Crippen LogP contribution in [0.2, 0.25) is 0 Å². The maximum atomic E-state index is 15.2. The highest BCUT2D eigenvalue weighted by molar-refractivity contribution is 8.21. The maximum Gasteiger partial charge on any atom is 0.345 e. The molecule has 0 radical (unpaired) electrons. The summed E-state index contributed by atoms with van der Waals surface area (Å²) in [5.41, 5.74) is -2.34. The fraction of sp³-hybridized carbons (Fsp3) is 0.512. The summed E-state index contributed by atoms with van der Waals surface area (Å²) >= 11 is 5.78. The van der Waals surface area contributed by atoms with Crippen LogP contribution in [0.4, 0.5) is 0 Å². The van der Waals surface area contributed by atoms with Crippen molar-refractivity contribution >= 4 is 65.0 Å². The molecule has 3 aromatic carbocycles. The number of thioether (sulfide) groups is 4. The van der Waals surface area contributed by atoms with E-state index < -0.39 is 54.8 Å². The van der Waals surface area contributed by atoms with Gasteiger partial charge in [-0.15, -0.1) is 47.0 Å². The molecule has 0 aliphatic carbocycles. The molecule has 332 valence electrons. The Bertz CT molecular complexity index is 2180. The van der Waals surface area contributed by atoms with E-state index in [4.69, 9.17) is 52.1 Å². The van der Waals surface area contributed by atoms with Crippen LogP contribution in [-0.2, 0) is 19.8 Å². The SMILES string of the molecule is COC(=O)c1c2c(c(C(O)(c3c4c(c(C(=O)OC)c5c3OC(C)(C)O5)OC(C)(C)O4)c3c4c(c(C(=O)OC)c5c3SC(C)(C)S5)SC(C)(C)S4)c3c1OC(C)(C)O3)OC(C)(C)O2. The van der Waals surface area contributed by atoms with Gasteiger partial charge in [0, 0.05) is 80.5 Å². The van der Waals surface area contributed by atoms with Crippen molar-refractivity contribution in [1.29, 1.82) is 0 Å². The van der Waals surface area contributed by atoms with Crippen LogP contribution in [0.1, 0.15) is 131 Å². The van der Waals surface area contributed by atoms with E-state index in [1.54, 1.807) is 55.4 Å². The summed E-state index contributed by atoms with van der Waals surface area (Å²) in [5, 5.41) is 15.2. The van der Waals surface area contributed by atoms with E-state index in [-0.39, 0.29) is 73.8 Å². The van der Waals surface area contributed by atoms with E-state index in [0.717, 1.165) is 0 Å². The smallest absolute Gasteiger partial charge is 0.345 e. The number of aliphatic hydroxyl groups is 1. The number of hydrogen-bond donors (Lipinski definition) is 1. The zero-order valence-electron chi connectivity index (χ0n) is 36.8. The molecule has 6 aliphatic heterocycles. The Kier molecular flexibility index (Phi) is 9.18. The van der Waals surface area contributed by atoms with E-state index >= 15 is 5.11 Å². The Morgan fingerprint density at radius 3 is 0.919 bits per heavy atom. The molecule has 0 saturated heterocycles. The number of carbonyl (C=O) groups excluding carboxylic acids is 3. The van der Waals surface area contributed by atoms with E-state index in [1.807, 2.05) is 27.7 Å². The van der Waals surface area contributed by atoms with Gasteiger partial charge in [-0.25, -0.2) is 14.4 Å². The third-order valence-electron chi connectivity index (χ3n) is 10.4. The number of fused-ring (bicyclic) bond motifs is 6. The average Bonchev–Trinajstić information content (AvgIpc) is 3.95. The second-order valence-electron chi connectivity index (χ2n) is 18.0. The van der Waals surface area contributed by atoms with Gasteiger partial charge in [-0.05, 0) is 27.7 Å². The number of esters is 3. The van der Waals surface area contributed by atoms with Gasteiger partial charge < -0.3 is 57.2 Å². The largest absolute Gasteiger partial charge is 0.465 e. The van der Waals surface area contributed by atoms with Gasteiger partial charge in [0.05, 0.1) is 46.2 Å². The Labute approximate surface area is 375 Å². The monoisotopic (exact) mass is 930 g/mol. The normalized spacial score (nSPS) is 21.0. The summed E-state index contributed by atoms with van der Waals surface area (Å²) in [6, 6.07) is 0. The molecule has 3 aromatic rings. The molecular weight excluding hydrogens is 885 g/mol. The second kappa shape index (κ2) is 13.2. The molecular formula is C43H46O15S4. The minimum atomic E-state index is -2.59. The molecule has 0 bridgehead atoms. The highest BCUT2D eigenvalue weighted by Crippen LogP contribution is 2.73. The Balaban J connectivity index is 1.56. The standard InChI is InChI=1S/C43H46O15S4/c1-37(2)51-22-16(34(44)48-13)23-27(56-38(3,4)52-23)19(26(22)55-37)43(47,20-28-24(53-39(5,6)57-28)17(35(45)49-14)25-29(20)58-40(7,8)54-25)21-32-30(59-41(9,10)61-32)18(36(46)50-15)31-33(21)62-42(11,12)60-31/h47H,1-15H3. The van der Waals surface area contributed by atoms with Crippen LogP contribution < -0.4 is 37.9 Å². The molecule has 9 rings (SSSR count). The van der Waals surface area contributed by atoms with Crippen molar-refractivity contribution < 1.29 is 71.6 Å². The van der Waals surface area contributed by atoms with Crippen LogP contribution in [0.25, 0.3) is 0 Å². The molecule has 0 saturated carbocycles. The fourth-order valence-electron chi connectivity index (χ4n) is 8.45. The van der Waals surface area contributed by atoms with Crippen LogP contribution in [0, 0.1) is 0 Å². The number of hydrogen-bond acceptors (Lipinski definition) is 19. The minimum absolute atomic E-state index is 0.0658. The van der Waals surface area contributed by atoms with Crippen LogP contribution in [0.15, 0.2) is 19.6 Å². The van der Waals surface area contributed by atoms with E-state index in [1.165, 1.54) is 68.4 Å². The molecule has 0 fully saturated rings. The van der Waals surface area contributed by atoms with E-state index in [9.17, 15) is 14.4 Å². The van der Waals surface area contributed by atoms with Crippen molar-refractivity contribution in [3.05, 3.63) is 33.4 Å². The molecule has 15 nitrogen and oxygen atoms in total. The number of benzene rings is 3. The summed E-state index contributed by atoms with van der Waals surface area (Å²) in [5.74, 6) is -8.58. The first kappa shape index (κ1) is 43.1. The van der Waals surface area contributed by atoms with Crippen LogP contribution >= 0.6 is 47.0 Å². The lowest BCUT2D eigenvalue weighted by molar-refractivity contribution is -0.0531. The number of rotatable bonds is 6. The van der Waals surface area contributed by atoms with Gasteiger partial charge in [-0.2, -0.15) is 0 Å². The summed E-state index contributed by atoms with van der Waals surface area (Å²) in [4.78, 5) is 44.0. The van der Waals surface area contributed by atoms with Gasteiger partial charge in [0.1, 0.15) is 0 Å². The molecule has 0 amide bonds. The second-order valence-corrected chi connectivity index (χ2v) is 25.1. The molecule has 19 heteroatoms. The highest BCUT2D eigenvalue weighted by atomic mass is 32.2. The summed E-state index contributed by atoms with van der Waals surface area (Å²) in [7, 11) is 3.79. The van der Waals surface area contributed by atoms with Crippen molar-refractivity contribution in [2.24, 2.45) is 0 Å². The quantitative estimate of drug-likeness (QED) is 0.141. The predicted molar refractivity (Wildman–Crippen MR) is 228 cm³/mol. The third kappa shape index (κ3) is 6.25. The first-order valence-electron chi connectivity index (χ1n) is 19.6. The van der Waals surface area contributed by atoms with Crippen molar-refractivity contribution in [3.63, 3.8) is 0 Å². The molecule has 1 N–H and O–H groups in total. The Morgan fingerprint density at radius 1 is 0.403 bits per heavy atom. The Morgan fingerprint density at radius 2 is 0.645 bits per heavy atom. The number of ether oxygens (including phenoxy) is 11. The van der Waals surface area contributed by atoms with Crippen LogP contribution in [0.5, 0.6) is 46.0 Å². The number of methoxy groups -OCH3 is 3. The van der Waals surface area contributed by atoms with Crippen molar-refractivity contribution in [2.45, 2.75) is 140 Å².